The van der Waals surface area contributed by atoms with Crippen LogP contribution in [0.25, 0.3) is 0 Å². The molecule has 0 saturated carbocycles. The molecule has 8 heteroatoms. The largest absolute Gasteiger partial charge is 0.411 e. The molecule has 0 radical (unpaired) electrons. The average molecular weight is 294 g/mol. The van der Waals surface area contributed by atoms with Crippen molar-refractivity contribution < 1.29 is 27.1 Å². The highest BCUT2D eigenvalue weighted by Crippen LogP contribution is 2.17. The van der Waals surface area contributed by atoms with Crippen molar-refractivity contribution in [3.8, 4) is 0 Å². The molecule has 0 fully saturated rings. The van der Waals surface area contributed by atoms with E-state index in [4.69, 9.17) is 5.73 Å². The van der Waals surface area contributed by atoms with E-state index in [-0.39, 0.29) is 30.0 Å². The Balaban J connectivity index is 2.44. The highest BCUT2D eigenvalue weighted by molar-refractivity contribution is 5.95. The van der Waals surface area contributed by atoms with E-state index in [2.05, 4.69) is 10.1 Å². The van der Waals surface area contributed by atoms with Gasteiger partial charge in [-0.15, -0.1) is 0 Å². The average Bonchev–Trinajstić information content (AvgIpc) is 2.33. The van der Waals surface area contributed by atoms with E-state index in [1.807, 2.05) is 0 Å². The van der Waals surface area contributed by atoms with Crippen molar-refractivity contribution in [2.24, 2.45) is 0 Å². The summed E-state index contributed by atoms with van der Waals surface area (Å²) in [5.74, 6) is -1.25. The number of rotatable bonds is 5. The number of benzene rings is 1. The molecule has 4 nitrogen and oxygen atoms in total. The molecule has 0 heterocycles. The van der Waals surface area contributed by atoms with Gasteiger partial charge in [0.05, 0.1) is 6.61 Å². The summed E-state index contributed by atoms with van der Waals surface area (Å²) in [6.07, 6.45) is -4.40. The third-order valence-electron chi connectivity index (χ3n) is 2.44. The fourth-order valence-electron chi connectivity index (χ4n) is 1.36. The third kappa shape index (κ3) is 5.04. The normalized spacial score (nSPS) is 11.4. The number of carbonyl (C=O) groups is 1. The number of carbonyl (C=O) groups excluding carboxylic acids is 1. The second kappa shape index (κ2) is 6.56. The molecule has 0 aliphatic heterocycles. The number of ether oxygens (including phenoxy) is 1. The van der Waals surface area contributed by atoms with Gasteiger partial charge >= 0.3 is 6.18 Å². The molecule has 0 unspecified atom stereocenters. The maximum absolute atomic E-state index is 13.4. The van der Waals surface area contributed by atoms with Crippen molar-refractivity contribution >= 4 is 11.6 Å². The van der Waals surface area contributed by atoms with Crippen LogP contribution in [0.1, 0.15) is 15.9 Å². The van der Waals surface area contributed by atoms with Gasteiger partial charge in [0.15, 0.2) is 0 Å². The maximum Gasteiger partial charge on any atom is 0.411 e. The lowest BCUT2D eigenvalue weighted by atomic mass is 10.1. The van der Waals surface area contributed by atoms with E-state index < -0.39 is 24.5 Å². The third-order valence-corrected chi connectivity index (χ3v) is 2.44. The van der Waals surface area contributed by atoms with Crippen LogP contribution in [0, 0.1) is 12.7 Å². The summed E-state index contributed by atoms with van der Waals surface area (Å²) in [6.45, 7) is -0.328. The van der Waals surface area contributed by atoms with Crippen molar-refractivity contribution in [2.75, 3.05) is 25.5 Å². The molecule has 20 heavy (non-hydrogen) atoms. The first-order chi connectivity index (χ1) is 9.20. The first-order valence-corrected chi connectivity index (χ1v) is 5.69. The van der Waals surface area contributed by atoms with Gasteiger partial charge in [-0.05, 0) is 19.1 Å². The van der Waals surface area contributed by atoms with E-state index in [0.717, 1.165) is 6.07 Å². The molecule has 1 aromatic carbocycles. The van der Waals surface area contributed by atoms with Crippen LogP contribution in [-0.2, 0) is 4.74 Å². The second-order valence-electron chi connectivity index (χ2n) is 4.10. The van der Waals surface area contributed by atoms with Crippen molar-refractivity contribution in [1.82, 2.24) is 5.32 Å². The molecule has 0 aliphatic carbocycles. The van der Waals surface area contributed by atoms with E-state index >= 15 is 0 Å². The molecule has 0 bridgehead atoms. The summed E-state index contributed by atoms with van der Waals surface area (Å²) in [4.78, 5) is 11.6. The van der Waals surface area contributed by atoms with Crippen LogP contribution in [0.4, 0.5) is 23.2 Å². The number of halogens is 4. The Morgan fingerprint density at radius 2 is 2.05 bits per heavy atom. The molecule has 0 spiro atoms. The molecule has 112 valence electrons. The number of anilines is 1. The number of hydrogen-bond donors (Lipinski definition) is 2. The van der Waals surface area contributed by atoms with Gasteiger partial charge in [0.2, 0.25) is 0 Å². The number of hydrogen-bond acceptors (Lipinski definition) is 3. The summed E-state index contributed by atoms with van der Waals surface area (Å²) in [5.41, 5.74) is 5.87. The number of amides is 1. The van der Waals surface area contributed by atoms with Gasteiger partial charge in [0.1, 0.15) is 12.4 Å². The Kier molecular flexibility index (Phi) is 5.32. The van der Waals surface area contributed by atoms with Crippen molar-refractivity contribution in [3.63, 3.8) is 0 Å². The predicted octanol–water partition coefficient (Wildman–Crippen LogP) is 2.03. The Labute approximate surface area is 112 Å². The number of nitrogens with one attached hydrogen (secondary N) is 1. The zero-order valence-corrected chi connectivity index (χ0v) is 10.7. The zero-order chi connectivity index (χ0) is 15.3. The lowest BCUT2D eigenvalue weighted by Gasteiger charge is -2.09. The van der Waals surface area contributed by atoms with Gasteiger partial charge in [-0.2, -0.15) is 13.2 Å². The Bertz CT molecular complexity index is 466. The predicted molar refractivity (Wildman–Crippen MR) is 64.8 cm³/mol. The highest BCUT2D eigenvalue weighted by atomic mass is 19.4. The minimum absolute atomic E-state index is 0.00132. The molecule has 0 aliphatic rings. The molecular formula is C12H14F4N2O2. The molecule has 1 rings (SSSR count). The summed E-state index contributed by atoms with van der Waals surface area (Å²) in [7, 11) is 0. The van der Waals surface area contributed by atoms with E-state index in [1.54, 1.807) is 0 Å². The fourth-order valence-corrected chi connectivity index (χ4v) is 1.36. The number of nitrogen functional groups attached to an aromatic ring is 1. The first kappa shape index (κ1) is 16.2. The molecular weight excluding hydrogens is 280 g/mol. The summed E-state index contributed by atoms with van der Waals surface area (Å²) in [5, 5.41) is 2.31. The highest BCUT2D eigenvalue weighted by Gasteiger charge is 2.27. The smallest absolute Gasteiger partial charge is 0.398 e. The van der Waals surface area contributed by atoms with E-state index in [1.165, 1.54) is 13.0 Å². The molecule has 0 saturated heterocycles. The van der Waals surface area contributed by atoms with Gasteiger partial charge in [-0.1, -0.05) is 0 Å². The Hall–Kier alpha value is -1.83. The molecule has 0 atom stereocenters. The quantitative estimate of drug-likeness (QED) is 0.496. The van der Waals surface area contributed by atoms with Crippen molar-refractivity contribution in [1.29, 1.82) is 0 Å². The van der Waals surface area contributed by atoms with Gasteiger partial charge < -0.3 is 15.8 Å². The molecule has 1 aromatic rings. The topological polar surface area (TPSA) is 64.4 Å². The van der Waals surface area contributed by atoms with Crippen LogP contribution in [0.15, 0.2) is 12.1 Å². The van der Waals surface area contributed by atoms with Gasteiger partial charge in [-0.3, -0.25) is 4.79 Å². The van der Waals surface area contributed by atoms with Crippen LogP contribution in [0.5, 0.6) is 0 Å². The molecule has 1 amide bonds. The van der Waals surface area contributed by atoms with Gasteiger partial charge in [0, 0.05) is 23.4 Å². The van der Waals surface area contributed by atoms with Crippen molar-refractivity contribution in [3.05, 3.63) is 29.1 Å². The van der Waals surface area contributed by atoms with Crippen LogP contribution < -0.4 is 11.1 Å². The fraction of sp³-hybridized carbons (Fsp3) is 0.417. The molecule has 3 N–H and O–H groups in total. The lowest BCUT2D eigenvalue weighted by molar-refractivity contribution is -0.173. The van der Waals surface area contributed by atoms with Crippen LogP contribution in [-0.4, -0.2) is 31.8 Å². The van der Waals surface area contributed by atoms with E-state index in [9.17, 15) is 22.4 Å². The van der Waals surface area contributed by atoms with Crippen LogP contribution in [0.3, 0.4) is 0 Å². The van der Waals surface area contributed by atoms with Crippen LogP contribution in [0.2, 0.25) is 0 Å². The van der Waals surface area contributed by atoms with E-state index in [0.29, 0.717) is 0 Å². The second-order valence-corrected chi connectivity index (χ2v) is 4.10. The van der Waals surface area contributed by atoms with Gasteiger partial charge in [-0.25, -0.2) is 4.39 Å². The number of alkyl halides is 3. The summed E-state index contributed by atoms with van der Waals surface area (Å²) < 4.78 is 53.0. The van der Waals surface area contributed by atoms with Gasteiger partial charge in [0.25, 0.3) is 5.91 Å². The maximum atomic E-state index is 13.4. The monoisotopic (exact) mass is 294 g/mol. The summed E-state index contributed by atoms with van der Waals surface area (Å²) >= 11 is 0. The number of nitrogens with two attached hydrogens (primary N) is 1. The zero-order valence-electron chi connectivity index (χ0n) is 10.7. The van der Waals surface area contributed by atoms with Crippen molar-refractivity contribution in [2.45, 2.75) is 13.1 Å². The lowest BCUT2D eigenvalue weighted by Crippen LogP contribution is -2.29. The Morgan fingerprint density at radius 3 is 2.60 bits per heavy atom. The van der Waals surface area contributed by atoms with Crippen LogP contribution >= 0.6 is 0 Å². The minimum Gasteiger partial charge on any atom is -0.398 e. The Morgan fingerprint density at radius 1 is 1.40 bits per heavy atom. The molecule has 0 aromatic heterocycles. The minimum atomic E-state index is -4.40. The SMILES string of the molecule is Cc1c(N)cc(C(=O)NCCOCC(F)(F)F)cc1F. The standard InChI is InChI=1S/C12H14F4N2O2/c1-7-9(13)4-8(5-10(7)17)11(19)18-2-3-20-6-12(14,15)16/h4-5H,2-3,6,17H2,1H3,(H,18,19). The summed E-state index contributed by atoms with van der Waals surface area (Å²) in [6, 6.07) is 2.31. The first-order valence-electron chi connectivity index (χ1n) is 5.69.